The molecular formula is C23H30N6O3. The number of nitrogens with zero attached hydrogens (tertiary/aromatic N) is 4. The third-order valence-corrected chi connectivity index (χ3v) is 6.13. The molecule has 4 rings (SSSR count). The first-order chi connectivity index (χ1) is 15.5. The number of anilines is 2. The minimum Gasteiger partial charge on any atom is -0.497 e. The number of aromatic nitrogens is 2. The summed E-state index contributed by atoms with van der Waals surface area (Å²) in [5.74, 6) is 2.58. The highest BCUT2D eigenvalue weighted by Gasteiger charge is 2.30. The Bertz CT molecular complexity index is 977. The van der Waals surface area contributed by atoms with Gasteiger partial charge in [0.25, 0.3) is 0 Å². The Labute approximate surface area is 188 Å². The maximum atomic E-state index is 12.6. The number of nitrogens with one attached hydrogen (secondary N) is 2. The highest BCUT2D eigenvalue weighted by atomic mass is 16.5. The molecule has 0 radical (unpaired) electrons. The number of carbonyl (C=O) groups excluding carboxylic acids is 2. The maximum Gasteiger partial charge on any atom is 0.238 e. The average Bonchev–Trinajstić information content (AvgIpc) is 3.29. The van der Waals surface area contributed by atoms with E-state index in [1.54, 1.807) is 14.0 Å². The van der Waals surface area contributed by atoms with Crippen LogP contribution in [0.4, 0.5) is 11.5 Å². The monoisotopic (exact) mass is 438 g/mol. The molecule has 9 nitrogen and oxygen atoms in total. The van der Waals surface area contributed by atoms with Gasteiger partial charge < -0.3 is 20.3 Å². The SMILES string of the molecule is CNc1nc([C@H]2CCN(C(C)=O)C2)nc2c1CN(CC(=O)Nc1ccc(OC)cc1)CC2. The first-order valence-corrected chi connectivity index (χ1v) is 11.0. The molecule has 2 aliphatic rings. The molecule has 9 heteroatoms. The van der Waals surface area contributed by atoms with Gasteiger partial charge in [0.1, 0.15) is 17.4 Å². The summed E-state index contributed by atoms with van der Waals surface area (Å²) in [4.78, 5) is 37.8. The average molecular weight is 439 g/mol. The van der Waals surface area contributed by atoms with Gasteiger partial charge >= 0.3 is 0 Å². The minimum absolute atomic E-state index is 0.0579. The fourth-order valence-electron chi connectivity index (χ4n) is 4.35. The van der Waals surface area contributed by atoms with E-state index in [1.807, 2.05) is 36.2 Å². The van der Waals surface area contributed by atoms with Gasteiger partial charge in [-0.25, -0.2) is 9.97 Å². The quantitative estimate of drug-likeness (QED) is 0.710. The highest BCUT2D eigenvalue weighted by Crippen LogP contribution is 2.30. The van der Waals surface area contributed by atoms with E-state index in [2.05, 4.69) is 15.5 Å². The standard InChI is InChI=1S/C23H30N6O3/c1-15(30)29-11-8-16(12-29)22-26-20-9-10-28(13-19(20)23(24-2)27-22)14-21(31)25-17-4-6-18(32-3)7-5-17/h4-7,16H,8-14H2,1-3H3,(H,25,31)(H,24,26,27)/t16-/m0/s1. The first kappa shape index (κ1) is 22.0. The van der Waals surface area contributed by atoms with Crippen LogP contribution in [0.25, 0.3) is 0 Å². The van der Waals surface area contributed by atoms with Crippen molar-refractivity contribution < 1.29 is 14.3 Å². The summed E-state index contributed by atoms with van der Waals surface area (Å²) in [6.45, 7) is 4.71. The molecule has 2 amide bonds. The van der Waals surface area contributed by atoms with E-state index in [4.69, 9.17) is 14.7 Å². The van der Waals surface area contributed by atoms with Crippen LogP contribution in [0.1, 0.15) is 36.3 Å². The summed E-state index contributed by atoms with van der Waals surface area (Å²) in [5, 5.41) is 6.14. The van der Waals surface area contributed by atoms with Crippen LogP contribution in [0.2, 0.25) is 0 Å². The van der Waals surface area contributed by atoms with Gasteiger partial charge in [0.2, 0.25) is 11.8 Å². The molecule has 0 saturated carbocycles. The Hall–Kier alpha value is -3.20. The van der Waals surface area contributed by atoms with E-state index >= 15 is 0 Å². The molecule has 0 aliphatic carbocycles. The van der Waals surface area contributed by atoms with Crippen LogP contribution in [0.15, 0.2) is 24.3 Å². The third-order valence-electron chi connectivity index (χ3n) is 6.13. The van der Waals surface area contributed by atoms with Crippen molar-refractivity contribution in [2.75, 3.05) is 51.0 Å². The maximum absolute atomic E-state index is 12.6. The molecule has 1 aromatic heterocycles. The predicted octanol–water partition coefficient (Wildman–Crippen LogP) is 1.86. The number of likely N-dealkylation sites (tertiary alicyclic amines) is 1. The van der Waals surface area contributed by atoms with Crippen LogP contribution in [0, 0.1) is 0 Å². The van der Waals surface area contributed by atoms with E-state index in [9.17, 15) is 9.59 Å². The second-order valence-corrected chi connectivity index (χ2v) is 8.29. The molecule has 1 saturated heterocycles. The zero-order valence-electron chi connectivity index (χ0n) is 18.9. The Kier molecular flexibility index (Phi) is 6.55. The van der Waals surface area contributed by atoms with Crippen molar-refractivity contribution in [2.24, 2.45) is 0 Å². The van der Waals surface area contributed by atoms with Crippen LogP contribution < -0.4 is 15.4 Å². The smallest absolute Gasteiger partial charge is 0.238 e. The molecule has 2 N–H and O–H groups in total. The van der Waals surface area contributed by atoms with Gasteiger partial charge in [-0.3, -0.25) is 14.5 Å². The summed E-state index contributed by atoms with van der Waals surface area (Å²) >= 11 is 0. The second-order valence-electron chi connectivity index (χ2n) is 8.29. The van der Waals surface area contributed by atoms with Crippen LogP contribution in [-0.2, 0) is 22.6 Å². The molecular weight excluding hydrogens is 408 g/mol. The number of hydrogen-bond acceptors (Lipinski definition) is 7. The zero-order valence-corrected chi connectivity index (χ0v) is 18.9. The van der Waals surface area contributed by atoms with Crippen molar-refractivity contribution in [1.82, 2.24) is 19.8 Å². The van der Waals surface area contributed by atoms with E-state index in [1.165, 1.54) is 0 Å². The molecule has 1 fully saturated rings. The lowest BCUT2D eigenvalue weighted by Crippen LogP contribution is -2.38. The van der Waals surface area contributed by atoms with Gasteiger partial charge in [-0.1, -0.05) is 0 Å². The van der Waals surface area contributed by atoms with Gasteiger partial charge in [-0.2, -0.15) is 0 Å². The highest BCUT2D eigenvalue weighted by molar-refractivity contribution is 5.92. The number of ether oxygens (including phenoxy) is 1. The van der Waals surface area contributed by atoms with Crippen LogP contribution in [0.3, 0.4) is 0 Å². The molecule has 0 spiro atoms. The molecule has 1 aromatic carbocycles. The number of rotatable bonds is 6. The Morgan fingerprint density at radius 2 is 1.97 bits per heavy atom. The van der Waals surface area contributed by atoms with Gasteiger partial charge in [0.05, 0.1) is 19.3 Å². The summed E-state index contributed by atoms with van der Waals surface area (Å²) < 4.78 is 5.15. The summed E-state index contributed by atoms with van der Waals surface area (Å²) in [6.07, 6.45) is 1.65. The zero-order chi connectivity index (χ0) is 22.7. The van der Waals surface area contributed by atoms with E-state index in [0.717, 1.165) is 60.3 Å². The van der Waals surface area contributed by atoms with E-state index in [0.29, 0.717) is 19.6 Å². The molecule has 2 aromatic rings. The molecule has 32 heavy (non-hydrogen) atoms. The van der Waals surface area contributed by atoms with Crippen molar-refractivity contribution >= 4 is 23.3 Å². The fraction of sp³-hybridized carbons (Fsp3) is 0.478. The molecule has 3 heterocycles. The van der Waals surface area contributed by atoms with Crippen molar-refractivity contribution in [3.63, 3.8) is 0 Å². The van der Waals surface area contributed by atoms with Gasteiger partial charge in [0, 0.05) is 63.7 Å². The Balaban J connectivity index is 1.41. The minimum atomic E-state index is -0.0579. The molecule has 170 valence electrons. The molecule has 0 bridgehead atoms. The lowest BCUT2D eigenvalue weighted by atomic mass is 10.0. The third kappa shape index (κ3) is 4.83. The van der Waals surface area contributed by atoms with Crippen LogP contribution in [-0.4, -0.2) is 71.9 Å². The Morgan fingerprint density at radius 3 is 2.62 bits per heavy atom. The summed E-state index contributed by atoms with van der Waals surface area (Å²) in [7, 11) is 3.47. The predicted molar refractivity (Wildman–Crippen MR) is 122 cm³/mol. The number of hydrogen-bond donors (Lipinski definition) is 2. The number of benzene rings is 1. The Morgan fingerprint density at radius 1 is 1.19 bits per heavy atom. The topological polar surface area (TPSA) is 99.7 Å². The van der Waals surface area contributed by atoms with Crippen molar-refractivity contribution in [2.45, 2.75) is 32.2 Å². The van der Waals surface area contributed by atoms with Crippen molar-refractivity contribution in [3.8, 4) is 5.75 Å². The van der Waals surface area contributed by atoms with Crippen LogP contribution in [0.5, 0.6) is 5.75 Å². The fourth-order valence-corrected chi connectivity index (χ4v) is 4.35. The van der Waals surface area contributed by atoms with E-state index in [-0.39, 0.29) is 17.7 Å². The number of methoxy groups -OCH3 is 1. The van der Waals surface area contributed by atoms with Crippen molar-refractivity contribution in [1.29, 1.82) is 0 Å². The summed E-state index contributed by atoms with van der Waals surface area (Å²) in [5.41, 5.74) is 2.82. The lowest BCUT2D eigenvalue weighted by molar-refractivity contribution is -0.127. The molecule has 0 unspecified atom stereocenters. The largest absolute Gasteiger partial charge is 0.497 e. The van der Waals surface area contributed by atoms with Crippen molar-refractivity contribution in [3.05, 3.63) is 41.3 Å². The summed E-state index contributed by atoms with van der Waals surface area (Å²) in [6, 6.07) is 7.29. The van der Waals surface area contributed by atoms with Gasteiger partial charge in [0.15, 0.2) is 0 Å². The first-order valence-electron chi connectivity index (χ1n) is 11.0. The van der Waals surface area contributed by atoms with E-state index < -0.39 is 0 Å². The number of amides is 2. The lowest BCUT2D eigenvalue weighted by Gasteiger charge is -2.29. The number of fused-ring (bicyclic) bond motifs is 1. The van der Waals surface area contributed by atoms with Gasteiger partial charge in [-0.15, -0.1) is 0 Å². The normalized spacial score (nSPS) is 18.2. The van der Waals surface area contributed by atoms with Gasteiger partial charge in [-0.05, 0) is 30.7 Å². The number of carbonyl (C=O) groups is 2. The second kappa shape index (κ2) is 9.52. The van der Waals surface area contributed by atoms with Crippen LogP contribution >= 0.6 is 0 Å². The molecule has 2 aliphatic heterocycles. The molecule has 1 atom stereocenters.